The summed E-state index contributed by atoms with van der Waals surface area (Å²) < 4.78 is 23.7. The second-order valence-electron chi connectivity index (χ2n) is 22.8. The Labute approximate surface area is 471 Å². The number of hydrogen-bond donors (Lipinski definition) is 3. The molecule has 3 N–H and O–H groups in total. The molecule has 0 spiro atoms. The maximum absolute atomic E-state index is 13.0. The summed E-state index contributed by atoms with van der Waals surface area (Å²) in [6, 6.07) is -0.849. The molecule has 442 valence electrons. The van der Waals surface area contributed by atoms with Crippen molar-refractivity contribution in [2.24, 2.45) is 0 Å². The van der Waals surface area contributed by atoms with Gasteiger partial charge < -0.3 is 19.8 Å². The van der Waals surface area contributed by atoms with E-state index in [1.165, 1.54) is 186 Å². The number of allylic oxidation sites excluding steroid dienone is 13. The maximum Gasteiger partial charge on any atom is 0.472 e. The van der Waals surface area contributed by atoms with Crippen molar-refractivity contribution in [3.8, 4) is 0 Å². The first-order chi connectivity index (χ1) is 37.0. The maximum atomic E-state index is 13.0. The van der Waals surface area contributed by atoms with Crippen molar-refractivity contribution in [3.63, 3.8) is 0 Å². The molecule has 0 rings (SSSR count). The first kappa shape index (κ1) is 73.7. The molecule has 0 heterocycles. The SMILES string of the molecule is CC/C=C\C/C=C\C/C=C\C/C=C\C/C=C\C/C=C\CCCCCCCCCCCCCCCCCCCCC(=O)NC(COP(=O)(O)OCC[N+](C)(C)C)C(O)/C=C/CCCCCCCCCCCCCCCCC. The van der Waals surface area contributed by atoms with Crippen LogP contribution in [0.4, 0.5) is 0 Å². The third kappa shape index (κ3) is 59.3. The van der Waals surface area contributed by atoms with Crippen LogP contribution in [0.5, 0.6) is 0 Å². The first-order valence-electron chi connectivity index (χ1n) is 32.0. The smallest absolute Gasteiger partial charge is 0.387 e. The predicted molar refractivity (Wildman–Crippen MR) is 332 cm³/mol. The lowest BCUT2D eigenvalue weighted by molar-refractivity contribution is -0.870. The van der Waals surface area contributed by atoms with Crippen molar-refractivity contribution in [1.82, 2.24) is 5.32 Å². The average Bonchev–Trinajstić information content (AvgIpc) is 3.38. The number of aliphatic hydroxyl groups is 1. The van der Waals surface area contributed by atoms with Crippen molar-refractivity contribution < 1.29 is 32.9 Å². The lowest BCUT2D eigenvalue weighted by Crippen LogP contribution is -2.45. The number of quaternary nitrogens is 1. The summed E-state index contributed by atoms with van der Waals surface area (Å²) in [7, 11) is 1.58. The van der Waals surface area contributed by atoms with Crippen LogP contribution in [0.1, 0.15) is 284 Å². The second-order valence-corrected chi connectivity index (χ2v) is 24.2. The monoisotopic (exact) mass is 1080 g/mol. The van der Waals surface area contributed by atoms with E-state index in [2.05, 4.69) is 92.1 Å². The van der Waals surface area contributed by atoms with E-state index >= 15 is 0 Å². The third-order valence-corrected chi connectivity index (χ3v) is 15.1. The van der Waals surface area contributed by atoms with Gasteiger partial charge in [-0.25, -0.2) is 4.57 Å². The van der Waals surface area contributed by atoms with E-state index < -0.39 is 20.0 Å². The molecule has 0 bridgehead atoms. The molecule has 0 aromatic rings. The highest BCUT2D eigenvalue weighted by molar-refractivity contribution is 7.47. The van der Waals surface area contributed by atoms with Gasteiger partial charge in [0.2, 0.25) is 5.91 Å². The number of carbonyl (C=O) groups is 1. The number of rotatable bonds is 58. The number of nitrogens with zero attached hydrogens (tertiary/aromatic N) is 1. The summed E-state index contributed by atoms with van der Waals surface area (Å²) in [4.78, 5) is 23.3. The van der Waals surface area contributed by atoms with Gasteiger partial charge in [-0.3, -0.25) is 13.8 Å². The number of likely N-dealkylation sites (N-methyl/N-ethyl adjacent to an activating group) is 1. The first-order valence-corrected chi connectivity index (χ1v) is 33.5. The Hall–Kier alpha value is -2.32. The van der Waals surface area contributed by atoms with Gasteiger partial charge in [0.1, 0.15) is 13.2 Å². The topological polar surface area (TPSA) is 105 Å². The minimum absolute atomic E-state index is 0.0606. The molecule has 0 aliphatic carbocycles. The number of aliphatic hydroxyl groups excluding tert-OH is 1. The molecular weight excluding hydrogens is 960 g/mol. The summed E-state index contributed by atoms with van der Waals surface area (Å²) >= 11 is 0. The van der Waals surface area contributed by atoms with Crippen molar-refractivity contribution in [3.05, 3.63) is 85.1 Å². The number of amides is 1. The molecule has 3 atom stereocenters. The van der Waals surface area contributed by atoms with E-state index in [0.717, 1.165) is 77.0 Å². The molecule has 8 nitrogen and oxygen atoms in total. The highest BCUT2D eigenvalue weighted by atomic mass is 31.2. The average molecular weight is 1080 g/mol. The van der Waals surface area contributed by atoms with Crippen LogP contribution < -0.4 is 5.32 Å². The lowest BCUT2D eigenvalue weighted by atomic mass is 10.0. The van der Waals surface area contributed by atoms with Gasteiger partial charge in [0.05, 0.1) is 39.9 Å². The Kier molecular flexibility index (Phi) is 55.6. The zero-order valence-electron chi connectivity index (χ0n) is 50.5. The van der Waals surface area contributed by atoms with Crippen LogP contribution in [0.2, 0.25) is 0 Å². The normalized spacial score (nSPS) is 14.4. The Balaban J connectivity index is 4.02. The molecule has 0 aromatic carbocycles. The summed E-state index contributed by atoms with van der Waals surface area (Å²) in [6.07, 6.45) is 81.3. The minimum Gasteiger partial charge on any atom is -0.387 e. The second kappa shape index (κ2) is 57.4. The predicted octanol–water partition coefficient (Wildman–Crippen LogP) is 20.0. The number of carbonyl (C=O) groups excluding carboxylic acids is 1. The van der Waals surface area contributed by atoms with Gasteiger partial charge in [-0.05, 0) is 70.6 Å². The number of nitrogens with one attached hydrogen (secondary N) is 1. The van der Waals surface area contributed by atoms with E-state index in [1.807, 2.05) is 27.2 Å². The largest absolute Gasteiger partial charge is 0.472 e. The fourth-order valence-electron chi connectivity index (χ4n) is 9.17. The van der Waals surface area contributed by atoms with Gasteiger partial charge in [0, 0.05) is 6.42 Å². The minimum atomic E-state index is -4.35. The Bertz CT molecular complexity index is 1510. The van der Waals surface area contributed by atoms with Gasteiger partial charge in [-0.2, -0.15) is 0 Å². The highest BCUT2D eigenvalue weighted by Gasteiger charge is 2.27. The standard InChI is InChI=1S/C67H123N2O6P/c1-6-8-10-12-14-16-18-20-22-24-25-26-27-28-29-30-31-32-33-34-35-36-37-38-39-40-41-42-43-45-47-49-51-53-55-57-59-61-67(71)68-65(64-75-76(72,73)74-63-62-69(3,4)5)66(70)60-58-56-54-52-50-48-46-44-23-21-19-17-15-13-11-9-7-2/h8,10,14,16,20,22,25-26,28-29,31-32,58,60,65-66,70H,6-7,9,11-13,15,17-19,21,23-24,27,30,33-57,59,61-64H2,1-5H3,(H-,68,71,72,73)/p+1/b10-8-,16-14-,22-20-,26-25-,29-28-,32-31-,60-58+. The summed E-state index contributed by atoms with van der Waals surface area (Å²) in [5.41, 5.74) is 0. The number of hydrogen-bond acceptors (Lipinski definition) is 5. The third-order valence-electron chi connectivity index (χ3n) is 14.1. The molecule has 76 heavy (non-hydrogen) atoms. The van der Waals surface area contributed by atoms with Crippen LogP contribution in [-0.4, -0.2) is 73.4 Å². The molecule has 3 unspecified atom stereocenters. The van der Waals surface area contributed by atoms with Crippen molar-refractivity contribution in [1.29, 1.82) is 0 Å². The zero-order valence-corrected chi connectivity index (χ0v) is 51.4. The summed E-state index contributed by atoms with van der Waals surface area (Å²) in [5, 5.41) is 14.0. The number of phosphoric ester groups is 1. The van der Waals surface area contributed by atoms with Crippen LogP contribution in [0.15, 0.2) is 85.1 Å². The van der Waals surface area contributed by atoms with E-state index in [0.29, 0.717) is 17.4 Å². The molecule has 0 aliphatic rings. The molecule has 0 aliphatic heterocycles. The van der Waals surface area contributed by atoms with E-state index in [1.54, 1.807) is 6.08 Å². The number of phosphoric acid groups is 1. The van der Waals surface area contributed by atoms with Gasteiger partial charge >= 0.3 is 7.82 Å². The van der Waals surface area contributed by atoms with Crippen molar-refractivity contribution in [2.45, 2.75) is 296 Å². The van der Waals surface area contributed by atoms with E-state index in [9.17, 15) is 19.4 Å². The molecule has 9 heteroatoms. The highest BCUT2D eigenvalue weighted by Crippen LogP contribution is 2.43. The molecule has 0 radical (unpaired) electrons. The Morgan fingerprint density at radius 3 is 1.16 bits per heavy atom. The molecule has 0 fully saturated rings. The van der Waals surface area contributed by atoms with Crippen LogP contribution in [-0.2, 0) is 18.4 Å². The van der Waals surface area contributed by atoms with Crippen LogP contribution in [0.25, 0.3) is 0 Å². The van der Waals surface area contributed by atoms with Gasteiger partial charge in [-0.1, -0.05) is 292 Å². The lowest BCUT2D eigenvalue weighted by Gasteiger charge is -2.25. The molecule has 0 saturated carbocycles. The van der Waals surface area contributed by atoms with Crippen molar-refractivity contribution >= 4 is 13.7 Å². The van der Waals surface area contributed by atoms with E-state index in [4.69, 9.17) is 9.05 Å². The van der Waals surface area contributed by atoms with Gasteiger partial charge in [0.15, 0.2) is 0 Å². The van der Waals surface area contributed by atoms with Crippen molar-refractivity contribution in [2.75, 3.05) is 40.9 Å². The fourth-order valence-corrected chi connectivity index (χ4v) is 9.90. The number of unbranched alkanes of at least 4 members (excludes halogenated alkanes) is 33. The van der Waals surface area contributed by atoms with Gasteiger partial charge in [-0.15, -0.1) is 0 Å². The Morgan fingerprint density at radius 2 is 0.789 bits per heavy atom. The quantitative estimate of drug-likeness (QED) is 0.0243. The summed E-state index contributed by atoms with van der Waals surface area (Å²) in [6.45, 7) is 4.72. The van der Waals surface area contributed by atoms with Crippen LogP contribution in [0.3, 0.4) is 0 Å². The van der Waals surface area contributed by atoms with Crippen LogP contribution in [0, 0.1) is 0 Å². The molecular formula is C67H124N2O6P+. The van der Waals surface area contributed by atoms with E-state index in [-0.39, 0.29) is 19.1 Å². The zero-order chi connectivity index (χ0) is 55.6. The van der Waals surface area contributed by atoms with Gasteiger partial charge in [0.25, 0.3) is 0 Å². The molecule has 0 saturated heterocycles. The van der Waals surface area contributed by atoms with Crippen LogP contribution >= 0.6 is 7.82 Å². The molecule has 1 amide bonds. The summed E-state index contributed by atoms with van der Waals surface area (Å²) in [5.74, 6) is -0.175. The fraction of sp³-hybridized carbons (Fsp3) is 0.776. The molecule has 0 aromatic heterocycles. The Morgan fingerprint density at radius 1 is 0.461 bits per heavy atom.